The van der Waals surface area contributed by atoms with Crippen LogP contribution in [0.1, 0.15) is 17.0 Å². The molecule has 3 aromatic rings. The van der Waals surface area contributed by atoms with Gasteiger partial charge in [0.05, 0.1) is 24.3 Å². The lowest BCUT2D eigenvalue weighted by molar-refractivity contribution is -0.120. The van der Waals surface area contributed by atoms with Gasteiger partial charge in [-0.05, 0) is 62.4 Å². The maximum absolute atomic E-state index is 12.9. The van der Waals surface area contributed by atoms with Gasteiger partial charge in [0.15, 0.2) is 0 Å². The summed E-state index contributed by atoms with van der Waals surface area (Å²) in [6.07, 6.45) is 0.238. The predicted molar refractivity (Wildman–Crippen MR) is 107 cm³/mol. The van der Waals surface area contributed by atoms with E-state index in [0.717, 1.165) is 22.6 Å². The van der Waals surface area contributed by atoms with E-state index in [0.29, 0.717) is 23.9 Å². The van der Waals surface area contributed by atoms with Crippen LogP contribution in [0.25, 0.3) is 5.69 Å². The number of rotatable bonds is 7. The van der Waals surface area contributed by atoms with Crippen molar-refractivity contribution in [2.45, 2.75) is 20.3 Å². The second-order valence-electron chi connectivity index (χ2n) is 6.37. The molecule has 0 atom stereocenters. The fourth-order valence-electron chi connectivity index (χ4n) is 2.88. The van der Waals surface area contributed by atoms with Crippen molar-refractivity contribution in [2.24, 2.45) is 0 Å². The summed E-state index contributed by atoms with van der Waals surface area (Å²) in [7, 11) is 0. The number of carbonyl (C=O) groups is 1. The van der Waals surface area contributed by atoms with Crippen LogP contribution in [0.15, 0.2) is 48.5 Å². The molecule has 3 rings (SSSR count). The Hall–Kier alpha value is -2.86. The normalized spacial score (nSPS) is 10.7. The van der Waals surface area contributed by atoms with Crippen molar-refractivity contribution >= 4 is 17.5 Å². The number of nitrogens with one attached hydrogen (secondary N) is 1. The highest BCUT2D eigenvalue weighted by atomic mass is 35.5. The van der Waals surface area contributed by atoms with E-state index in [4.69, 9.17) is 16.3 Å². The summed E-state index contributed by atoms with van der Waals surface area (Å²) in [5, 5.41) is 8.04. The van der Waals surface area contributed by atoms with Crippen LogP contribution in [0.2, 0.25) is 5.02 Å². The van der Waals surface area contributed by atoms with Gasteiger partial charge in [0.1, 0.15) is 18.2 Å². The summed E-state index contributed by atoms with van der Waals surface area (Å²) in [5.41, 5.74) is 3.51. The number of hydrogen-bond donors (Lipinski definition) is 1. The van der Waals surface area contributed by atoms with Crippen molar-refractivity contribution in [3.05, 3.63) is 76.3 Å². The van der Waals surface area contributed by atoms with Gasteiger partial charge < -0.3 is 10.1 Å². The van der Waals surface area contributed by atoms with E-state index < -0.39 is 0 Å². The van der Waals surface area contributed by atoms with E-state index in [1.807, 2.05) is 30.7 Å². The van der Waals surface area contributed by atoms with Crippen molar-refractivity contribution in [1.82, 2.24) is 15.1 Å². The van der Waals surface area contributed by atoms with Crippen LogP contribution in [0, 0.1) is 19.7 Å². The highest BCUT2D eigenvalue weighted by Crippen LogP contribution is 2.20. The highest BCUT2D eigenvalue weighted by molar-refractivity contribution is 6.30. The molecule has 0 fully saturated rings. The van der Waals surface area contributed by atoms with Gasteiger partial charge in [-0.15, -0.1) is 0 Å². The molecule has 28 heavy (non-hydrogen) atoms. The predicted octanol–water partition coefficient (Wildman–Crippen LogP) is 4.02. The van der Waals surface area contributed by atoms with Crippen molar-refractivity contribution < 1.29 is 13.9 Å². The molecule has 0 spiro atoms. The maximum Gasteiger partial charge on any atom is 0.224 e. The summed E-state index contributed by atoms with van der Waals surface area (Å²) in [6, 6.07) is 13.2. The number of nitrogens with zero attached hydrogens (tertiary/aromatic N) is 2. The van der Waals surface area contributed by atoms with Gasteiger partial charge in [0, 0.05) is 16.3 Å². The summed E-state index contributed by atoms with van der Waals surface area (Å²) in [4.78, 5) is 12.3. The van der Waals surface area contributed by atoms with Crippen LogP contribution < -0.4 is 10.1 Å². The number of carbonyl (C=O) groups excluding carboxylic acids is 1. The lowest BCUT2D eigenvalue weighted by atomic mass is 10.1. The number of hydrogen-bond acceptors (Lipinski definition) is 3. The summed E-state index contributed by atoms with van der Waals surface area (Å²) in [6.45, 7) is 4.49. The zero-order valence-corrected chi connectivity index (χ0v) is 16.5. The Bertz CT molecular complexity index is 953. The Morgan fingerprint density at radius 3 is 2.50 bits per heavy atom. The van der Waals surface area contributed by atoms with Gasteiger partial charge in [0.2, 0.25) is 5.91 Å². The SMILES string of the molecule is Cc1nn(-c2ccc(Cl)cc2)c(C)c1CC(=O)NCCOc1ccc(F)cc1. The molecule has 1 N–H and O–H groups in total. The fourth-order valence-corrected chi connectivity index (χ4v) is 3.00. The molecule has 1 aromatic heterocycles. The van der Waals surface area contributed by atoms with Gasteiger partial charge >= 0.3 is 0 Å². The third-order valence-electron chi connectivity index (χ3n) is 4.36. The molecule has 1 amide bonds. The maximum atomic E-state index is 12.9. The number of amides is 1. The lowest BCUT2D eigenvalue weighted by Crippen LogP contribution is -2.29. The Morgan fingerprint density at radius 2 is 1.82 bits per heavy atom. The molecule has 0 aliphatic carbocycles. The topological polar surface area (TPSA) is 56.2 Å². The van der Waals surface area contributed by atoms with Gasteiger partial charge in [-0.1, -0.05) is 11.6 Å². The lowest BCUT2D eigenvalue weighted by Gasteiger charge is -2.08. The molecule has 0 bridgehead atoms. The smallest absolute Gasteiger partial charge is 0.224 e. The molecule has 146 valence electrons. The Balaban J connectivity index is 1.55. The molecule has 1 heterocycles. The first-order valence-corrected chi connectivity index (χ1v) is 9.28. The van der Waals surface area contributed by atoms with Gasteiger partial charge in [-0.2, -0.15) is 5.10 Å². The minimum Gasteiger partial charge on any atom is -0.492 e. The first-order valence-electron chi connectivity index (χ1n) is 8.90. The third kappa shape index (κ3) is 4.89. The summed E-state index contributed by atoms with van der Waals surface area (Å²) < 4.78 is 20.1. The first-order chi connectivity index (χ1) is 13.4. The van der Waals surface area contributed by atoms with E-state index in [1.54, 1.807) is 24.3 Å². The van der Waals surface area contributed by atoms with Gasteiger partial charge in [-0.3, -0.25) is 4.79 Å². The fraction of sp³-hybridized carbons (Fsp3) is 0.238. The molecule has 0 saturated carbocycles. The second kappa shape index (κ2) is 8.89. The standard InChI is InChI=1S/C21H21ClFN3O2/c1-14-20(15(2)26(25-14)18-7-3-16(22)4-8-18)13-21(27)24-11-12-28-19-9-5-17(23)6-10-19/h3-10H,11-13H2,1-2H3,(H,24,27). The average Bonchev–Trinajstić information content (AvgIpc) is 2.95. The van der Waals surface area contributed by atoms with Crippen molar-refractivity contribution in [2.75, 3.05) is 13.2 Å². The van der Waals surface area contributed by atoms with E-state index in [9.17, 15) is 9.18 Å². The van der Waals surface area contributed by atoms with Crippen molar-refractivity contribution in [3.8, 4) is 11.4 Å². The molecule has 0 unspecified atom stereocenters. The zero-order chi connectivity index (χ0) is 20.1. The van der Waals surface area contributed by atoms with Crippen molar-refractivity contribution in [1.29, 1.82) is 0 Å². The average molecular weight is 402 g/mol. The second-order valence-corrected chi connectivity index (χ2v) is 6.80. The monoisotopic (exact) mass is 401 g/mol. The van der Waals surface area contributed by atoms with Crippen LogP contribution >= 0.6 is 11.6 Å². The number of benzene rings is 2. The van der Waals surface area contributed by atoms with Crippen LogP contribution in [0.5, 0.6) is 5.75 Å². The number of halogens is 2. The molecule has 5 nitrogen and oxygen atoms in total. The van der Waals surface area contributed by atoms with E-state index >= 15 is 0 Å². The summed E-state index contributed by atoms with van der Waals surface area (Å²) in [5.74, 6) is 0.140. The van der Waals surface area contributed by atoms with E-state index in [2.05, 4.69) is 10.4 Å². The molecule has 0 radical (unpaired) electrons. The molecular formula is C21H21ClFN3O2. The number of ether oxygens (including phenoxy) is 1. The number of aryl methyl sites for hydroxylation is 1. The van der Waals surface area contributed by atoms with E-state index in [1.165, 1.54) is 12.1 Å². The minimum atomic E-state index is -0.314. The molecule has 7 heteroatoms. The Morgan fingerprint density at radius 1 is 1.14 bits per heavy atom. The van der Waals surface area contributed by atoms with Gasteiger partial charge in [0.25, 0.3) is 0 Å². The molecule has 0 aliphatic rings. The van der Waals surface area contributed by atoms with E-state index in [-0.39, 0.29) is 18.1 Å². The van der Waals surface area contributed by atoms with Gasteiger partial charge in [-0.25, -0.2) is 9.07 Å². The molecular weight excluding hydrogens is 381 g/mol. The molecule has 0 saturated heterocycles. The molecule has 2 aromatic carbocycles. The minimum absolute atomic E-state index is 0.107. The Kier molecular flexibility index (Phi) is 6.31. The molecule has 0 aliphatic heterocycles. The van der Waals surface area contributed by atoms with Crippen LogP contribution in [-0.4, -0.2) is 28.8 Å². The van der Waals surface area contributed by atoms with Crippen LogP contribution in [-0.2, 0) is 11.2 Å². The van der Waals surface area contributed by atoms with Crippen LogP contribution in [0.3, 0.4) is 0 Å². The third-order valence-corrected chi connectivity index (χ3v) is 4.61. The van der Waals surface area contributed by atoms with Crippen molar-refractivity contribution in [3.63, 3.8) is 0 Å². The summed E-state index contributed by atoms with van der Waals surface area (Å²) >= 11 is 5.94. The zero-order valence-electron chi connectivity index (χ0n) is 15.7. The number of aromatic nitrogens is 2. The quantitative estimate of drug-likeness (QED) is 0.608. The largest absolute Gasteiger partial charge is 0.492 e. The highest BCUT2D eigenvalue weighted by Gasteiger charge is 2.15. The Labute approximate surface area is 168 Å². The van der Waals surface area contributed by atoms with Crippen LogP contribution in [0.4, 0.5) is 4.39 Å². The first kappa shape index (κ1) is 19.9.